The van der Waals surface area contributed by atoms with Gasteiger partial charge in [0.05, 0.1) is 17.6 Å². The fourth-order valence-corrected chi connectivity index (χ4v) is 3.87. The van der Waals surface area contributed by atoms with Crippen LogP contribution in [0.1, 0.15) is 30.0 Å². The topological polar surface area (TPSA) is 38.1 Å². The Kier molecular flexibility index (Phi) is 5.86. The maximum absolute atomic E-state index is 13.3. The molecular formula is C25H24ClN3O. The highest BCUT2D eigenvalue weighted by Crippen LogP contribution is 2.23. The molecule has 0 bridgehead atoms. The number of benzene rings is 3. The van der Waals surface area contributed by atoms with E-state index in [4.69, 9.17) is 16.6 Å². The number of para-hydroxylation sites is 3. The number of carbonyl (C=O) groups is 1. The van der Waals surface area contributed by atoms with Gasteiger partial charge in [0.25, 0.3) is 5.91 Å². The third kappa shape index (κ3) is 4.24. The zero-order chi connectivity index (χ0) is 21.1. The Morgan fingerprint density at radius 3 is 2.47 bits per heavy atom. The number of rotatable bonds is 6. The molecular weight excluding hydrogens is 394 g/mol. The Bertz CT molecular complexity index is 1170. The van der Waals surface area contributed by atoms with Gasteiger partial charge in [-0.2, -0.15) is 0 Å². The van der Waals surface area contributed by atoms with Gasteiger partial charge in [0.2, 0.25) is 0 Å². The zero-order valence-electron chi connectivity index (χ0n) is 17.1. The Balaban J connectivity index is 1.77. The highest BCUT2D eigenvalue weighted by Gasteiger charge is 2.21. The van der Waals surface area contributed by atoms with E-state index >= 15 is 0 Å². The Labute approximate surface area is 181 Å². The second-order valence-electron chi connectivity index (χ2n) is 7.78. The number of fused-ring (bicyclic) bond motifs is 1. The number of nitrogens with zero attached hydrogens (tertiary/aromatic N) is 3. The van der Waals surface area contributed by atoms with E-state index in [1.54, 1.807) is 12.1 Å². The van der Waals surface area contributed by atoms with Crippen molar-refractivity contribution < 1.29 is 4.79 Å². The van der Waals surface area contributed by atoms with Gasteiger partial charge in [0.1, 0.15) is 5.82 Å². The van der Waals surface area contributed by atoms with Crippen molar-refractivity contribution in [3.8, 4) is 5.69 Å². The fourth-order valence-electron chi connectivity index (χ4n) is 3.68. The number of halogens is 1. The van der Waals surface area contributed by atoms with Crippen LogP contribution in [0.25, 0.3) is 16.7 Å². The van der Waals surface area contributed by atoms with E-state index in [-0.39, 0.29) is 5.91 Å². The standard InChI is InChI=1S/C25H24ClN3O/c1-18(2)16-28(25(30)19-9-8-10-20(26)15-19)17-24-27-22-13-6-7-14-23(22)29(24)21-11-4-3-5-12-21/h3-15,18H,16-17H2,1-2H3. The molecule has 0 spiro atoms. The lowest BCUT2D eigenvalue weighted by Gasteiger charge is -2.25. The molecule has 0 aliphatic rings. The zero-order valence-corrected chi connectivity index (χ0v) is 17.9. The second kappa shape index (κ2) is 8.72. The molecule has 0 N–H and O–H groups in total. The predicted octanol–water partition coefficient (Wildman–Crippen LogP) is 5.98. The summed E-state index contributed by atoms with van der Waals surface area (Å²) < 4.78 is 2.13. The largest absolute Gasteiger partial charge is 0.331 e. The molecule has 1 heterocycles. The third-order valence-corrected chi connectivity index (χ3v) is 5.16. The maximum Gasteiger partial charge on any atom is 0.254 e. The highest BCUT2D eigenvalue weighted by atomic mass is 35.5. The molecule has 0 radical (unpaired) electrons. The van der Waals surface area contributed by atoms with Gasteiger partial charge in [0.15, 0.2) is 0 Å². The van der Waals surface area contributed by atoms with Crippen molar-refractivity contribution in [2.24, 2.45) is 5.92 Å². The highest BCUT2D eigenvalue weighted by molar-refractivity contribution is 6.30. The summed E-state index contributed by atoms with van der Waals surface area (Å²) in [4.78, 5) is 20.1. The van der Waals surface area contributed by atoms with E-state index in [1.165, 1.54) is 0 Å². The Morgan fingerprint density at radius 2 is 1.73 bits per heavy atom. The molecule has 0 saturated carbocycles. The summed E-state index contributed by atoms with van der Waals surface area (Å²) in [5.74, 6) is 1.11. The van der Waals surface area contributed by atoms with Crippen molar-refractivity contribution in [1.82, 2.24) is 14.5 Å². The van der Waals surface area contributed by atoms with Gasteiger partial charge in [-0.3, -0.25) is 9.36 Å². The predicted molar refractivity (Wildman–Crippen MR) is 122 cm³/mol. The van der Waals surface area contributed by atoms with Crippen LogP contribution in [0, 0.1) is 5.92 Å². The molecule has 3 aromatic carbocycles. The average molecular weight is 418 g/mol. The summed E-state index contributed by atoms with van der Waals surface area (Å²) in [7, 11) is 0. The first kappa shape index (κ1) is 20.2. The number of imidazole rings is 1. The first-order valence-electron chi connectivity index (χ1n) is 10.1. The van der Waals surface area contributed by atoms with Crippen molar-refractivity contribution in [3.63, 3.8) is 0 Å². The summed E-state index contributed by atoms with van der Waals surface area (Å²) in [5.41, 5.74) is 3.56. The van der Waals surface area contributed by atoms with Gasteiger partial charge in [0, 0.05) is 22.8 Å². The molecule has 0 aliphatic heterocycles. The van der Waals surface area contributed by atoms with Gasteiger partial charge in [-0.25, -0.2) is 4.98 Å². The minimum Gasteiger partial charge on any atom is -0.331 e. The van der Waals surface area contributed by atoms with Gasteiger partial charge in [-0.1, -0.05) is 61.8 Å². The molecule has 152 valence electrons. The summed E-state index contributed by atoms with van der Waals surface area (Å²) in [6, 6.07) is 25.3. The fraction of sp³-hybridized carbons (Fsp3) is 0.200. The minimum atomic E-state index is -0.0436. The molecule has 4 aromatic rings. The summed E-state index contributed by atoms with van der Waals surface area (Å²) in [6.45, 7) is 5.26. The van der Waals surface area contributed by atoms with Crippen LogP contribution in [-0.2, 0) is 6.54 Å². The normalized spacial score (nSPS) is 11.2. The number of carbonyl (C=O) groups excluding carboxylic acids is 1. The van der Waals surface area contributed by atoms with Gasteiger partial charge in [-0.05, 0) is 48.4 Å². The third-order valence-electron chi connectivity index (χ3n) is 4.92. The van der Waals surface area contributed by atoms with Crippen molar-refractivity contribution in [1.29, 1.82) is 0 Å². The van der Waals surface area contributed by atoms with E-state index in [2.05, 4.69) is 36.6 Å². The van der Waals surface area contributed by atoms with Crippen LogP contribution < -0.4 is 0 Å². The van der Waals surface area contributed by atoms with E-state index in [0.717, 1.165) is 22.5 Å². The molecule has 0 saturated heterocycles. The smallest absolute Gasteiger partial charge is 0.254 e. The lowest BCUT2D eigenvalue weighted by molar-refractivity contribution is 0.0717. The quantitative estimate of drug-likeness (QED) is 0.387. The van der Waals surface area contributed by atoms with Gasteiger partial charge < -0.3 is 4.90 Å². The number of amides is 1. The summed E-state index contributed by atoms with van der Waals surface area (Å²) in [5, 5.41) is 0.557. The lowest BCUT2D eigenvalue weighted by atomic mass is 10.1. The molecule has 1 amide bonds. The number of hydrogen-bond acceptors (Lipinski definition) is 2. The Morgan fingerprint density at radius 1 is 1.00 bits per heavy atom. The van der Waals surface area contributed by atoms with Crippen LogP contribution in [0.2, 0.25) is 5.02 Å². The van der Waals surface area contributed by atoms with Crippen molar-refractivity contribution in [2.45, 2.75) is 20.4 Å². The van der Waals surface area contributed by atoms with E-state index < -0.39 is 0 Å². The molecule has 5 heteroatoms. The molecule has 0 unspecified atom stereocenters. The monoisotopic (exact) mass is 417 g/mol. The van der Waals surface area contributed by atoms with E-state index in [1.807, 2.05) is 53.4 Å². The molecule has 4 rings (SSSR count). The average Bonchev–Trinajstić information content (AvgIpc) is 3.11. The van der Waals surface area contributed by atoms with Crippen LogP contribution in [0.15, 0.2) is 78.9 Å². The SMILES string of the molecule is CC(C)CN(Cc1nc2ccccc2n1-c1ccccc1)C(=O)c1cccc(Cl)c1. The Hall–Kier alpha value is -3.11. The number of hydrogen-bond donors (Lipinski definition) is 0. The van der Waals surface area contributed by atoms with E-state index in [9.17, 15) is 4.79 Å². The molecule has 1 aromatic heterocycles. The molecule has 0 aliphatic carbocycles. The first-order valence-corrected chi connectivity index (χ1v) is 10.5. The molecule has 0 fully saturated rings. The van der Waals surface area contributed by atoms with Crippen LogP contribution >= 0.6 is 11.6 Å². The number of aromatic nitrogens is 2. The van der Waals surface area contributed by atoms with Crippen LogP contribution in [-0.4, -0.2) is 26.9 Å². The minimum absolute atomic E-state index is 0.0436. The van der Waals surface area contributed by atoms with Crippen molar-refractivity contribution in [3.05, 3.63) is 95.3 Å². The first-order chi connectivity index (χ1) is 14.5. The molecule has 4 nitrogen and oxygen atoms in total. The summed E-state index contributed by atoms with van der Waals surface area (Å²) in [6.07, 6.45) is 0. The van der Waals surface area contributed by atoms with Crippen LogP contribution in [0.3, 0.4) is 0 Å². The molecule has 30 heavy (non-hydrogen) atoms. The van der Waals surface area contributed by atoms with E-state index in [0.29, 0.717) is 29.6 Å². The van der Waals surface area contributed by atoms with Crippen LogP contribution in [0.5, 0.6) is 0 Å². The van der Waals surface area contributed by atoms with Crippen molar-refractivity contribution >= 4 is 28.5 Å². The lowest BCUT2D eigenvalue weighted by Crippen LogP contribution is -2.34. The van der Waals surface area contributed by atoms with Crippen molar-refractivity contribution in [2.75, 3.05) is 6.54 Å². The van der Waals surface area contributed by atoms with Gasteiger partial charge >= 0.3 is 0 Å². The van der Waals surface area contributed by atoms with Gasteiger partial charge in [-0.15, -0.1) is 0 Å². The molecule has 0 atom stereocenters. The second-order valence-corrected chi connectivity index (χ2v) is 8.21. The van der Waals surface area contributed by atoms with Crippen LogP contribution in [0.4, 0.5) is 0 Å². The summed E-state index contributed by atoms with van der Waals surface area (Å²) >= 11 is 6.13. The maximum atomic E-state index is 13.3.